The number of unbranched alkanes of at least 4 members (excludes halogenated alkanes) is 33. The van der Waals surface area contributed by atoms with Gasteiger partial charge in [0.05, 0.1) is 39.9 Å². The van der Waals surface area contributed by atoms with Crippen molar-refractivity contribution in [3.05, 3.63) is 97.2 Å². The SMILES string of the molecule is CC/C=C\C/C=C\C/C=C\C/C=C\C/C=C\C/C=C\C/C=C\CCCCCCCCCCCCCCCCCCCC(=O)NC(COP(=O)(O)OCC[N+](C)(C)C)C(O)/C=C/CCCCCCCCCCCCCCCCCC. The molecular formula is C70H128N2O6P+. The van der Waals surface area contributed by atoms with E-state index < -0.39 is 20.0 Å². The molecule has 3 unspecified atom stereocenters. The number of carbonyl (C=O) groups is 1. The van der Waals surface area contributed by atoms with Gasteiger partial charge in [0.2, 0.25) is 5.91 Å². The summed E-state index contributed by atoms with van der Waals surface area (Å²) in [6.07, 6.45) is 86.8. The first-order chi connectivity index (χ1) is 38.5. The normalized spacial score (nSPS) is 14.4. The largest absolute Gasteiger partial charge is 0.472 e. The number of nitrogens with zero attached hydrogens (tertiary/aromatic N) is 1. The number of amides is 1. The third-order valence-electron chi connectivity index (χ3n) is 14.6. The van der Waals surface area contributed by atoms with Crippen LogP contribution >= 0.6 is 7.82 Å². The molecule has 0 fully saturated rings. The van der Waals surface area contributed by atoms with Gasteiger partial charge < -0.3 is 19.8 Å². The molecule has 1 amide bonds. The summed E-state index contributed by atoms with van der Waals surface area (Å²) in [5.41, 5.74) is 0. The zero-order valence-electron chi connectivity index (χ0n) is 52.3. The Bertz CT molecular complexity index is 1610. The molecule has 0 aliphatic heterocycles. The molecule has 0 aromatic carbocycles. The predicted octanol–water partition coefficient (Wildman–Crippen LogP) is 20.9. The topological polar surface area (TPSA) is 105 Å². The molecule has 458 valence electrons. The van der Waals surface area contributed by atoms with Gasteiger partial charge in [-0.2, -0.15) is 0 Å². The van der Waals surface area contributed by atoms with Crippen molar-refractivity contribution < 1.29 is 32.9 Å². The van der Waals surface area contributed by atoms with Gasteiger partial charge in [-0.15, -0.1) is 0 Å². The highest BCUT2D eigenvalue weighted by Gasteiger charge is 2.28. The van der Waals surface area contributed by atoms with Gasteiger partial charge >= 0.3 is 7.82 Å². The summed E-state index contributed by atoms with van der Waals surface area (Å²) >= 11 is 0. The van der Waals surface area contributed by atoms with Crippen LogP contribution in [0.3, 0.4) is 0 Å². The van der Waals surface area contributed by atoms with E-state index in [4.69, 9.17) is 9.05 Å². The zero-order chi connectivity index (χ0) is 57.7. The Morgan fingerprint density at radius 3 is 1.11 bits per heavy atom. The molecule has 0 spiro atoms. The van der Waals surface area contributed by atoms with Crippen molar-refractivity contribution >= 4 is 13.7 Å². The van der Waals surface area contributed by atoms with Gasteiger partial charge in [-0.3, -0.25) is 13.8 Å². The molecule has 9 heteroatoms. The summed E-state index contributed by atoms with van der Waals surface area (Å²) in [6, 6.07) is -0.850. The number of nitrogens with one attached hydrogen (secondary N) is 1. The van der Waals surface area contributed by atoms with Gasteiger partial charge in [-0.1, -0.05) is 304 Å². The molecule has 79 heavy (non-hydrogen) atoms. The molecule has 3 N–H and O–H groups in total. The van der Waals surface area contributed by atoms with Crippen molar-refractivity contribution in [1.82, 2.24) is 5.32 Å². The molecule has 0 saturated heterocycles. The van der Waals surface area contributed by atoms with Gasteiger partial charge in [0, 0.05) is 6.42 Å². The molecule has 0 radical (unpaired) electrons. The molecule has 3 atom stereocenters. The number of aliphatic hydroxyl groups is 1. The number of rotatable bonds is 60. The van der Waals surface area contributed by atoms with Crippen LogP contribution in [0.2, 0.25) is 0 Å². The fraction of sp³-hybridized carbons (Fsp3) is 0.757. The van der Waals surface area contributed by atoms with Gasteiger partial charge in [0.15, 0.2) is 0 Å². The Morgan fingerprint density at radius 1 is 0.443 bits per heavy atom. The van der Waals surface area contributed by atoms with Crippen LogP contribution in [0.4, 0.5) is 0 Å². The van der Waals surface area contributed by atoms with Crippen molar-refractivity contribution in [2.75, 3.05) is 40.9 Å². The Hall–Kier alpha value is -2.58. The van der Waals surface area contributed by atoms with E-state index in [2.05, 4.69) is 104 Å². The maximum atomic E-state index is 13.0. The third-order valence-corrected chi connectivity index (χ3v) is 15.5. The van der Waals surface area contributed by atoms with Crippen molar-refractivity contribution in [3.63, 3.8) is 0 Å². The van der Waals surface area contributed by atoms with E-state index in [0.29, 0.717) is 17.4 Å². The first-order valence-corrected chi connectivity index (χ1v) is 34.6. The first-order valence-electron chi connectivity index (χ1n) is 33.1. The zero-order valence-corrected chi connectivity index (χ0v) is 53.2. The van der Waals surface area contributed by atoms with Gasteiger partial charge in [-0.05, 0) is 77.0 Å². The fourth-order valence-electron chi connectivity index (χ4n) is 9.44. The number of allylic oxidation sites excluding steroid dienone is 15. The number of phosphoric acid groups is 1. The molecule has 0 aromatic rings. The molecule has 0 aliphatic carbocycles. The lowest BCUT2D eigenvalue weighted by atomic mass is 10.0. The molecule has 0 rings (SSSR count). The van der Waals surface area contributed by atoms with Crippen LogP contribution in [0.5, 0.6) is 0 Å². The van der Waals surface area contributed by atoms with Gasteiger partial charge in [-0.25, -0.2) is 4.57 Å². The lowest BCUT2D eigenvalue weighted by molar-refractivity contribution is -0.870. The second kappa shape index (κ2) is 60.0. The first kappa shape index (κ1) is 76.4. The Morgan fingerprint density at radius 2 is 0.759 bits per heavy atom. The lowest BCUT2D eigenvalue weighted by Crippen LogP contribution is -2.45. The van der Waals surface area contributed by atoms with Crippen LogP contribution in [-0.4, -0.2) is 73.4 Å². The number of hydrogen-bond acceptors (Lipinski definition) is 5. The minimum Gasteiger partial charge on any atom is -0.387 e. The number of likely N-dealkylation sites (N-methyl/N-ethyl adjacent to an activating group) is 1. The van der Waals surface area contributed by atoms with Crippen molar-refractivity contribution in [1.29, 1.82) is 0 Å². The van der Waals surface area contributed by atoms with E-state index in [-0.39, 0.29) is 19.1 Å². The second-order valence-electron chi connectivity index (χ2n) is 23.5. The predicted molar refractivity (Wildman–Crippen MR) is 346 cm³/mol. The second-order valence-corrected chi connectivity index (χ2v) is 24.9. The summed E-state index contributed by atoms with van der Waals surface area (Å²) < 4.78 is 23.8. The summed E-state index contributed by atoms with van der Waals surface area (Å²) in [7, 11) is 1.57. The molecule has 0 saturated carbocycles. The highest BCUT2D eigenvalue weighted by atomic mass is 31.2. The number of quaternary nitrogens is 1. The smallest absolute Gasteiger partial charge is 0.387 e. The minimum absolute atomic E-state index is 0.0599. The average Bonchev–Trinajstić information content (AvgIpc) is 3.42. The summed E-state index contributed by atoms with van der Waals surface area (Å²) in [5, 5.41) is 14.0. The number of carbonyl (C=O) groups excluding carboxylic acids is 1. The van der Waals surface area contributed by atoms with E-state index in [1.807, 2.05) is 27.2 Å². The molecule has 0 aliphatic rings. The number of hydrogen-bond donors (Lipinski definition) is 3. The Kier molecular flexibility index (Phi) is 58.1. The van der Waals surface area contributed by atoms with E-state index in [0.717, 1.165) is 83.5 Å². The number of aliphatic hydroxyl groups excluding tert-OH is 1. The average molecular weight is 1120 g/mol. The van der Waals surface area contributed by atoms with Crippen molar-refractivity contribution in [2.45, 2.75) is 302 Å². The van der Waals surface area contributed by atoms with Crippen LogP contribution in [0.15, 0.2) is 97.2 Å². The minimum atomic E-state index is -4.35. The molecule has 0 aromatic heterocycles. The fourth-order valence-corrected chi connectivity index (χ4v) is 10.2. The molecular weight excluding hydrogens is 996 g/mol. The highest BCUT2D eigenvalue weighted by Crippen LogP contribution is 2.43. The van der Waals surface area contributed by atoms with E-state index >= 15 is 0 Å². The Balaban J connectivity index is 4.02. The summed E-state index contributed by atoms with van der Waals surface area (Å²) in [6.45, 7) is 4.72. The van der Waals surface area contributed by atoms with Crippen LogP contribution in [0.25, 0.3) is 0 Å². The van der Waals surface area contributed by atoms with Crippen LogP contribution in [0, 0.1) is 0 Å². The maximum Gasteiger partial charge on any atom is 0.472 e. The van der Waals surface area contributed by atoms with Crippen molar-refractivity contribution in [2.24, 2.45) is 0 Å². The molecule has 0 heterocycles. The Labute approximate surface area is 489 Å². The van der Waals surface area contributed by atoms with E-state index in [9.17, 15) is 19.4 Å². The third kappa shape index (κ3) is 62.9. The van der Waals surface area contributed by atoms with Crippen LogP contribution < -0.4 is 5.32 Å². The van der Waals surface area contributed by atoms with Crippen molar-refractivity contribution in [3.8, 4) is 0 Å². The quantitative estimate of drug-likeness (QED) is 0.0243. The summed E-state index contributed by atoms with van der Waals surface area (Å²) in [5.74, 6) is -0.176. The van der Waals surface area contributed by atoms with Crippen LogP contribution in [0.1, 0.15) is 290 Å². The number of phosphoric ester groups is 1. The van der Waals surface area contributed by atoms with Gasteiger partial charge in [0.1, 0.15) is 13.2 Å². The lowest BCUT2D eigenvalue weighted by Gasteiger charge is -2.25. The van der Waals surface area contributed by atoms with Gasteiger partial charge in [0.25, 0.3) is 0 Å². The highest BCUT2D eigenvalue weighted by molar-refractivity contribution is 7.47. The van der Waals surface area contributed by atoms with E-state index in [1.54, 1.807) is 6.08 Å². The molecule has 8 nitrogen and oxygen atoms in total. The standard InChI is InChI=1S/C70H127N2O6P/c1-6-8-10-12-14-16-18-20-22-24-26-27-28-29-30-31-32-33-34-35-36-37-38-39-40-41-42-43-44-45-46-48-50-52-54-56-58-60-62-64-70(74)71-68(67-78-79(75,76)77-66-65-72(3,4)5)69(73)63-61-59-57-55-53-51-49-47-25-23-21-19-17-15-13-11-9-7-2/h8,10,14,16,20,22,26-27,29-30,32-33,35-36,61,63,68-69,73H,6-7,9,11-13,15,17-19,21,23-25,28,31,34,37-60,62,64-67H2,1-5H3,(H-,71,74,75,76)/p+1/b10-8-,16-14-,22-20-,27-26-,30-29-,33-32-,36-35-,63-61+. The van der Waals surface area contributed by atoms with E-state index in [1.165, 1.54) is 186 Å². The van der Waals surface area contributed by atoms with Crippen LogP contribution in [-0.2, 0) is 18.4 Å². The molecule has 0 bridgehead atoms. The monoisotopic (exact) mass is 1120 g/mol. The maximum absolute atomic E-state index is 13.0. The summed E-state index contributed by atoms with van der Waals surface area (Å²) in [4.78, 5) is 23.4.